The Morgan fingerprint density at radius 2 is 1.80 bits per heavy atom. The smallest absolute Gasteiger partial charge is 0.0773 e. The monoisotopic (exact) mass is 220 g/mol. The van der Waals surface area contributed by atoms with Crippen LogP contribution < -0.4 is 0 Å². The third kappa shape index (κ3) is 11.8. The van der Waals surface area contributed by atoms with Crippen molar-refractivity contribution >= 4 is 0 Å². The molecule has 4 nitrogen and oxygen atoms in total. The second-order valence-corrected chi connectivity index (χ2v) is 3.48. The summed E-state index contributed by atoms with van der Waals surface area (Å²) in [6.45, 7) is 5.09. The molecule has 0 fully saturated rings. The van der Waals surface area contributed by atoms with E-state index in [2.05, 4.69) is 0 Å². The van der Waals surface area contributed by atoms with Gasteiger partial charge in [-0.2, -0.15) is 0 Å². The van der Waals surface area contributed by atoms with Crippen molar-refractivity contribution in [1.29, 1.82) is 0 Å². The maximum absolute atomic E-state index is 9.35. The van der Waals surface area contributed by atoms with Gasteiger partial charge in [0.25, 0.3) is 0 Å². The SMILES string of the molecule is CCCC(O)COCCCOCCOC. The van der Waals surface area contributed by atoms with Gasteiger partial charge in [0.15, 0.2) is 0 Å². The van der Waals surface area contributed by atoms with E-state index >= 15 is 0 Å². The highest BCUT2D eigenvalue weighted by Gasteiger charge is 2.01. The number of aliphatic hydroxyl groups is 1. The van der Waals surface area contributed by atoms with Gasteiger partial charge >= 0.3 is 0 Å². The predicted molar refractivity (Wildman–Crippen MR) is 59.0 cm³/mol. The first-order chi connectivity index (χ1) is 7.31. The Balaban J connectivity index is 2.98. The standard InChI is InChI=1S/C11H24O4/c1-3-5-11(12)10-15-7-4-6-14-9-8-13-2/h11-12H,3-10H2,1-2H3. The molecule has 0 heterocycles. The molecule has 0 radical (unpaired) electrons. The summed E-state index contributed by atoms with van der Waals surface area (Å²) in [7, 11) is 1.65. The van der Waals surface area contributed by atoms with Crippen molar-refractivity contribution in [2.75, 3.05) is 40.1 Å². The van der Waals surface area contributed by atoms with E-state index in [9.17, 15) is 5.11 Å². The summed E-state index contributed by atoms with van der Waals surface area (Å²) in [5, 5.41) is 9.35. The zero-order valence-electron chi connectivity index (χ0n) is 9.91. The summed E-state index contributed by atoms with van der Waals surface area (Å²) >= 11 is 0. The molecule has 0 rings (SSSR count). The lowest BCUT2D eigenvalue weighted by Crippen LogP contribution is -2.16. The van der Waals surface area contributed by atoms with Crippen molar-refractivity contribution in [3.8, 4) is 0 Å². The number of hydrogen-bond acceptors (Lipinski definition) is 4. The summed E-state index contributed by atoms with van der Waals surface area (Å²) in [5.74, 6) is 0. The van der Waals surface area contributed by atoms with Gasteiger partial charge < -0.3 is 19.3 Å². The molecule has 4 heteroatoms. The van der Waals surface area contributed by atoms with Gasteiger partial charge in [-0.25, -0.2) is 0 Å². The van der Waals surface area contributed by atoms with Crippen LogP contribution in [0.1, 0.15) is 26.2 Å². The van der Waals surface area contributed by atoms with Crippen LogP contribution in [0.3, 0.4) is 0 Å². The number of rotatable bonds is 11. The quantitative estimate of drug-likeness (QED) is 0.532. The van der Waals surface area contributed by atoms with Gasteiger partial charge in [0.2, 0.25) is 0 Å². The second kappa shape index (κ2) is 11.9. The molecule has 92 valence electrons. The molecule has 0 aliphatic heterocycles. The number of ether oxygens (including phenoxy) is 3. The van der Waals surface area contributed by atoms with Gasteiger partial charge in [-0.15, -0.1) is 0 Å². The third-order valence-corrected chi connectivity index (χ3v) is 1.94. The fourth-order valence-corrected chi connectivity index (χ4v) is 1.14. The van der Waals surface area contributed by atoms with Crippen LogP contribution in [0.2, 0.25) is 0 Å². The normalized spacial score (nSPS) is 13.0. The highest BCUT2D eigenvalue weighted by atomic mass is 16.5. The van der Waals surface area contributed by atoms with E-state index in [1.165, 1.54) is 0 Å². The van der Waals surface area contributed by atoms with Crippen molar-refractivity contribution in [3.05, 3.63) is 0 Å². The summed E-state index contributed by atoms with van der Waals surface area (Å²) in [4.78, 5) is 0. The van der Waals surface area contributed by atoms with Crippen LogP contribution in [0.4, 0.5) is 0 Å². The van der Waals surface area contributed by atoms with Crippen LogP contribution in [0.15, 0.2) is 0 Å². The maximum atomic E-state index is 9.35. The van der Waals surface area contributed by atoms with E-state index in [4.69, 9.17) is 14.2 Å². The van der Waals surface area contributed by atoms with Crippen LogP contribution in [-0.2, 0) is 14.2 Å². The Morgan fingerprint density at radius 1 is 1.07 bits per heavy atom. The molecule has 0 aromatic rings. The summed E-state index contributed by atoms with van der Waals surface area (Å²) in [6.07, 6.45) is 2.35. The molecule has 0 saturated carbocycles. The minimum atomic E-state index is -0.315. The van der Waals surface area contributed by atoms with Gasteiger partial charge in [-0.05, 0) is 12.8 Å². The molecule has 0 amide bonds. The van der Waals surface area contributed by atoms with E-state index < -0.39 is 0 Å². The molecule has 1 unspecified atom stereocenters. The first kappa shape index (κ1) is 14.8. The van der Waals surface area contributed by atoms with Crippen molar-refractivity contribution in [2.45, 2.75) is 32.3 Å². The molecule has 1 N–H and O–H groups in total. The maximum Gasteiger partial charge on any atom is 0.0773 e. The van der Waals surface area contributed by atoms with Gasteiger partial charge in [-0.3, -0.25) is 0 Å². The lowest BCUT2D eigenvalue weighted by atomic mass is 10.2. The largest absolute Gasteiger partial charge is 0.391 e. The lowest BCUT2D eigenvalue weighted by Gasteiger charge is -2.09. The molecule has 1 atom stereocenters. The third-order valence-electron chi connectivity index (χ3n) is 1.94. The van der Waals surface area contributed by atoms with E-state index in [-0.39, 0.29) is 6.10 Å². The molecule has 0 aliphatic rings. The topological polar surface area (TPSA) is 47.9 Å². The Kier molecular flexibility index (Phi) is 11.8. The molecular formula is C11H24O4. The fourth-order valence-electron chi connectivity index (χ4n) is 1.14. The van der Waals surface area contributed by atoms with Gasteiger partial charge in [-0.1, -0.05) is 13.3 Å². The van der Waals surface area contributed by atoms with Gasteiger partial charge in [0, 0.05) is 20.3 Å². The molecule has 0 spiro atoms. The molecular weight excluding hydrogens is 196 g/mol. The average Bonchev–Trinajstić information content (AvgIpc) is 2.22. The highest BCUT2D eigenvalue weighted by Crippen LogP contribution is 1.97. The van der Waals surface area contributed by atoms with E-state index in [1.807, 2.05) is 6.92 Å². The van der Waals surface area contributed by atoms with Crippen LogP contribution >= 0.6 is 0 Å². The van der Waals surface area contributed by atoms with Crippen LogP contribution in [0.5, 0.6) is 0 Å². The van der Waals surface area contributed by atoms with Crippen LogP contribution in [0, 0.1) is 0 Å². The highest BCUT2D eigenvalue weighted by molar-refractivity contribution is 4.51. The Labute approximate surface area is 92.5 Å². The fraction of sp³-hybridized carbons (Fsp3) is 1.00. The van der Waals surface area contributed by atoms with Crippen LogP contribution in [0.25, 0.3) is 0 Å². The molecule has 0 aromatic carbocycles. The first-order valence-corrected chi connectivity index (χ1v) is 5.63. The Bertz CT molecular complexity index is 119. The minimum absolute atomic E-state index is 0.315. The zero-order chi connectivity index (χ0) is 11.4. The van der Waals surface area contributed by atoms with Crippen LogP contribution in [-0.4, -0.2) is 51.4 Å². The van der Waals surface area contributed by atoms with Gasteiger partial charge in [0.1, 0.15) is 0 Å². The molecule has 0 saturated heterocycles. The van der Waals surface area contributed by atoms with E-state index in [0.717, 1.165) is 19.3 Å². The Morgan fingerprint density at radius 3 is 2.47 bits per heavy atom. The summed E-state index contributed by atoms with van der Waals surface area (Å²) in [5.41, 5.74) is 0. The molecule has 15 heavy (non-hydrogen) atoms. The summed E-state index contributed by atoms with van der Waals surface area (Å²) in [6, 6.07) is 0. The molecule has 0 aliphatic carbocycles. The first-order valence-electron chi connectivity index (χ1n) is 5.63. The van der Waals surface area contributed by atoms with Crippen molar-refractivity contribution in [1.82, 2.24) is 0 Å². The predicted octanol–water partition coefficient (Wildman–Crippen LogP) is 1.22. The van der Waals surface area contributed by atoms with Gasteiger partial charge in [0.05, 0.1) is 25.9 Å². The molecule has 0 aromatic heterocycles. The number of methoxy groups -OCH3 is 1. The minimum Gasteiger partial charge on any atom is -0.391 e. The summed E-state index contributed by atoms with van der Waals surface area (Å²) < 4.78 is 15.4. The number of aliphatic hydroxyl groups excluding tert-OH is 1. The average molecular weight is 220 g/mol. The second-order valence-electron chi connectivity index (χ2n) is 3.48. The van der Waals surface area contributed by atoms with E-state index in [0.29, 0.717) is 33.0 Å². The number of hydrogen-bond donors (Lipinski definition) is 1. The van der Waals surface area contributed by atoms with Crippen molar-refractivity contribution in [2.24, 2.45) is 0 Å². The zero-order valence-corrected chi connectivity index (χ0v) is 9.91. The van der Waals surface area contributed by atoms with E-state index in [1.54, 1.807) is 7.11 Å². The Hall–Kier alpha value is -0.160. The van der Waals surface area contributed by atoms with Crippen molar-refractivity contribution in [3.63, 3.8) is 0 Å². The molecule has 0 bridgehead atoms. The van der Waals surface area contributed by atoms with Crippen molar-refractivity contribution < 1.29 is 19.3 Å². The lowest BCUT2D eigenvalue weighted by molar-refractivity contribution is 0.0159.